The lowest BCUT2D eigenvalue weighted by Crippen LogP contribution is -2.22. The molecule has 2 rings (SSSR count). The summed E-state index contributed by atoms with van der Waals surface area (Å²) >= 11 is 0. The number of amides is 2. The van der Waals surface area contributed by atoms with E-state index in [1.54, 1.807) is 18.2 Å². The number of alkyl halides is 3. The lowest BCUT2D eigenvalue weighted by molar-refractivity contribution is -0.137. The summed E-state index contributed by atoms with van der Waals surface area (Å²) in [4.78, 5) is 23.1. The van der Waals surface area contributed by atoms with Crippen LogP contribution in [-0.4, -0.2) is 25.5 Å². The van der Waals surface area contributed by atoms with Gasteiger partial charge in [0.15, 0.2) is 18.1 Å². The van der Waals surface area contributed by atoms with Crippen LogP contribution >= 0.6 is 0 Å². The van der Waals surface area contributed by atoms with Crippen LogP contribution in [0.4, 0.5) is 24.5 Å². The summed E-state index contributed by atoms with van der Waals surface area (Å²) in [6.45, 7) is 2.52. The van der Waals surface area contributed by atoms with E-state index in [0.717, 1.165) is 17.7 Å². The van der Waals surface area contributed by atoms with Crippen LogP contribution in [0.15, 0.2) is 36.4 Å². The van der Waals surface area contributed by atoms with Crippen molar-refractivity contribution in [2.75, 3.05) is 24.4 Å². The maximum Gasteiger partial charge on any atom is 0.418 e. The lowest BCUT2D eigenvalue weighted by Gasteiger charge is -2.16. The van der Waals surface area contributed by atoms with Crippen molar-refractivity contribution in [1.29, 1.82) is 0 Å². The number of nitrogens with one attached hydrogen (secondary N) is 2. The molecule has 0 aliphatic heterocycles. The van der Waals surface area contributed by atoms with E-state index in [9.17, 15) is 22.8 Å². The van der Waals surface area contributed by atoms with E-state index >= 15 is 0 Å². The van der Waals surface area contributed by atoms with Crippen LogP contribution in [-0.2, 0) is 15.8 Å². The van der Waals surface area contributed by atoms with Gasteiger partial charge in [-0.1, -0.05) is 6.07 Å². The maximum atomic E-state index is 13.3. The van der Waals surface area contributed by atoms with Gasteiger partial charge in [0, 0.05) is 12.6 Å². The number of rotatable bonds is 6. The van der Waals surface area contributed by atoms with Gasteiger partial charge >= 0.3 is 6.18 Å². The number of hydrogen-bond donors (Lipinski definition) is 2. The van der Waals surface area contributed by atoms with Crippen LogP contribution in [0.3, 0.4) is 0 Å². The van der Waals surface area contributed by atoms with Crippen LogP contribution in [0.25, 0.3) is 0 Å². The second kappa shape index (κ2) is 8.64. The Kier molecular flexibility index (Phi) is 6.50. The Balaban J connectivity index is 2.14. The highest BCUT2D eigenvalue weighted by molar-refractivity contribution is 5.94. The Morgan fingerprint density at radius 2 is 1.75 bits per heavy atom. The highest BCUT2D eigenvalue weighted by Crippen LogP contribution is 2.36. The molecule has 0 bridgehead atoms. The molecular weight excluding hydrogens is 377 g/mol. The summed E-state index contributed by atoms with van der Waals surface area (Å²) in [5.74, 6) is -0.588. The predicted molar refractivity (Wildman–Crippen MR) is 97.6 cm³/mol. The van der Waals surface area contributed by atoms with Crippen molar-refractivity contribution in [1.82, 2.24) is 0 Å². The van der Waals surface area contributed by atoms with Gasteiger partial charge in [0.05, 0.1) is 18.4 Å². The summed E-state index contributed by atoms with van der Waals surface area (Å²) in [6.07, 6.45) is -4.72. The average molecular weight is 396 g/mol. The van der Waals surface area contributed by atoms with Crippen LogP contribution < -0.4 is 20.1 Å². The van der Waals surface area contributed by atoms with Crippen LogP contribution in [0.5, 0.6) is 11.5 Å². The largest absolute Gasteiger partial charge is 0.493 e. The SMILES string of the molecule is COc1cc(C)ccc1OCC(=O)Nc1ccc(NC(C)=O)cc1C(F)(F)F. The molecule has 2 amide bonds. The second-order valence-electron chi connectivity index (χ2n) is 5.93. The van der Waals surface area contributed by atoms with Crippen molar-refractivity contribution in [3.05, 3.63) is 47.5 Å². The third-order valence-corrected chi connectivity index (χ3v) is 3.60. The zero-order valence-corrected chi connectivity index (χ0v) is 15.4. The molecule has 0 saturated carbocycles. The van der Waals surface area contributed by atoms with Gasteiger partial charge in [-0.2, -0.15) is 13.2 Å². The van der Waals surface area contributed by atoms with Crippen molar-refractivity contribution in [2.24, 2.45) is 0 Å². The molecule has 2 aromatic carbocycles. The van der Waals surface area contributed by atoms with Crippen molar-refractivity contribution in [3.63, 3.8) is 0 Å². The first-order valence-corrected chi connectivity index (χ1v) is 8.16. The van der Waals surface area contributed by atoms with Gasteiger partial charge in [0.1, 0.15) is 0 Å². The van der Waals surface area contributed by atoms with Gasteiger partial charge < -0.3 is 20.1 Å². The first-order chi connectivity index (χ1) is 13.1. The number of benzene rings is 2. The van der Waals surface area contributed by atoms with Gasteiger partial charge in [-0.3, -0.25) is 9.59 Å². The quantitative estimate of drug-likeness (QED) is 0.774. The molecule has 28 heavy (non-hydrogen) atoms. The number of methoxy groups -OCH3 is 1. The van der Waals surface area contributed by atoms with Crippen molar-refractivity contribution < 1.29 is 32.2 Å². The molecule has 0 unspecified atom stereocenters. The lowest BCUT2D eigenvalue weighted by atomic mass is 10.1. The van der Waals surface area contributed by atoms with E-state index in [1.807, 2.05) is 6.92 Å². The fourth-order valence-corrected chi connectivity index (χ4v) is 2.39. The zero-order valence-electron chi connectivity index (χ0n) is 15.4. The van der Waals surface area contributed by atoms with E-state index < -0.39 is 35.8 Å². The molecule has 0 atom stereocenters. The Morgan fingerprint density at radius 1 is 1.04 bits per heavy atom. The number of ether oxygens (including phenoxy) is 2. The molecule has 9 heteroatoms. The number of carbonyl (C=O) groups excluding carboxylic acids is 2. The fourth-order valence-electron chi connectivity index (χ4n) is 2.39. The summed E-state index contributed by atoms with van der Waals surface area (Å²) in [5.41, 5.74) is -0.632. The molecule has 0 heterocycles. The third kappa shape index (κ3) is 5.63. The maximum absolute atomic E-state index is 13.3. The van der Waals surface area contributed by atoms with Crippen molar-refractivity contribution >= 4 is 23.2 Å². The van der Waals surface area contributed by atoms with E-state index in [0.29, 0.717) is 11.5 Å². The minimum Gasteiger partial charge on any atom is -0.493 e. The molecule has 0 aromatic heterocycles. The highest BCUT2D eigenvalue weighted by Gasteiger charge is 2.34. The Morgan fingerprint density at radius 3 is 2.36 bits per heavy atom. The number of aryl methyl sites for hydroxylation is 1. The predicted octanol–water partition coefficient (Wildman–Crippen LogP) is 4.00. The normalized spacial score (nSPS) is 10.9. The summed E-state index contributed by atoms with van der Waals surface area (Å²) in [5, 5.41) is 4.45. The van der Waals surface area contributed by atoms with Crippen LogP contribution in [0.1, 0.15) is 18.1 Å². The number of hydrogen-bond acceptors (Lipinski definition) is 4. The molecule has 0 radical (unpaired) electrons. The van der Waals surface area contributed by atoms with Gasteiger partial charge in [0.2, 0.25) is 5.91 Å². The highest BCUT2D eigenvalue weighted by atomic mass is 19.4. The van der Waals surface area contributed by atoms with Crippen molar-refractivity contribution in [2.45, 2.75) is 20.0 Å². The number of carbonyl (C=O) groups is 2. The topological polar surface area (TPSA) is 76.7 Å². The van der Waals surface area contributed by atoms with Gasteiger partial charge in [0.25, 0.3) is 5.91 Å². The van der Waals surface area contributed by atoms with Gasteiger partial charge in [-0.25, -0.2) is 0 Å². The molecule has 0 aliphatic rings. The van der Waals surface area contributed by atoms with Crippen molar-refractivity contribution in [3.8, 4) is 11.5 Å². The number of halogens is 3. The summed E-state index contributed by atoms with van der Waals surface area (Å²) in [7, 11) is 1.44. The average Bonchev–Trinajstić information content (AvgIpc) is 2.60. The standard InChI is InChI=1S/C19H19F3N2O4/c1-11-4-7-16(17(8-11)27-3)28-10-18(26)24-15-6-5-13(23-12(2)25)9-14(15)19(20,21)22/h4-9H,10H2,1-3H3,(H,23,25)(H,24,26). The first kappa shape index (κ1) is 21.1. The van der Waals surface area contributed by atoms with E-state index in [2.05, 4.69) is 10.6 Å². The molecular formula is C19H19F3N2O4. The molecule has 6 nitrogen and oxygen atoms in total. The van der Waals surface area contributed by atoms with Gasteiger partial charge in [-0.05, 0) is 42.8 Å². The molecule has 0 fully saturated rings. The number of anilines is 2. The first-order valence-electron chi connectivity index (χ1n) is 8.16. The summed E-state index contributed by atoms with van der Waals surface area (Å²) in [6, 6.07) is 8.13. The Hall–Kier alpha value is -3.23. The fraction of sp³-hybridized carbons (Fsp3) is 0.263. The third-order valence-electron chi connectivity index (χ3n) is 3.60. The summed E-state index contributed by atoms with van der Waals surface area (Å²) < 4.78 is 50.4. The van der Waals surface area contributed by atoms with E-state index in [4.69, 9.17) is 9.47 Å². The second-order valence-corrected chi connectivity index (χ2v) is 5.93. The minimum absolute atomic E-state index is 0.0292. The smallest absolute Gasteiger partial charge is 0.418 e. The monoisotopic (exact) mass is 396 g/mol. The Labute approximate surface area is 159 Å². The Bertz CT molecular complexity index is 882. The molecule has 2 aromatic rings. The zero-order chi connectivity index (χ0) is 20.9. The minimum atomic E-state index is -4.72. The van der Waals surface area contributed by atoms with Crippen LogP contribution in [0, 0.1) is 6.92 Å². The molecule has 2 N–H and O–H groups in total. The molecule has 150 valence electrons. The molecule has 0 spiro atoms. The van der Waals surface area contributed by atoms with Gasteiger partial charge in [-0.15, -0.1) is 0 Å². The van der Waals surface area contributed by atoms with E-state index in [-0.39, 0.29) is 5.69 Å². The van der Waals surface area contributed by atoms with Crippen LogP contribution in [0.2, 0.25) is 0 Å². The molecule has 0 aliphatic carbocycles. The van der Waals surface area contributed by atoms with E-state index in [1.165, 1.54) is 20.1 Å². The molecule has 0 saturated heterocycles.